The Morgan fingerprint density at radius 1 is 1.12 bits per heavy atom. The maximum atomic E-state index is 14.8. The predicted octanol–water partition coefficient (Wildman–Crippen LogP) is 4.02. The molecule has 3 N–H and O–H groups in total. The first-order valence-corrected chi connectivity index (χ1v) is 10.8. The molecule has 2 aliphatic heterocycles. The van der Waals surface area contributed by atoms with Gasteiger partial charge in [-0.2, -0.15) is 5.10 Å². The van der Waals surface area contributed by atoms with Crippen molar-refractivity contribution >= 4 is 5.82 Å². The minimum atomic E-state index is -0.475. The zero-order valence-electron chi connectivity index (χ0n) is 18.4. The summed E-state index contributed by atoms with van der Waals surface area (Å²) in [7, 11) is 2.05. The van der Waals surface area contributed by atoms with Gasteiger partial charge in [-0.05, 0) is 63.8 Å². The summed E-state index contributed by atoms with van der Waals surface area (Å²) in [5.41, 5.74) is 1.85. The molecule has 3 aromatic rings. The molecule has 3 atom stereocenters. The predicted molar refractivity (Wildman–Crippen MR) is 119 cm³/mol. The second-order valence-corrected chi connectivity index (χ2v) is 9.60. The van der Waals surface area contributed by atoms with Gasteiger partial charge in [-0.25, -0.2) is 9.65 Å². The second kappa shape index (κ2) is 7.53. The van der Waals surface area contributed by atoms with Gasteiger partial charge in [0.1, 0.15) is 5.82 Å². The van der Waals surface area contributed by atoms with Gasteiger partial charge in [-0.1, -0.05) is 0 Å². The average Bonchev–Trinajstić information content (AvgIpc) is 3.38. The van der Waals surface area contributed by atoms with E-state index < -0.39 is 5.82 Å². The number of rotatable bonds is 5. The Morgan fingerprint density at radius 2 is 1.88 bits per heavy atom. The Bertz CT molecular complexity index is 1100. The molecule has 2 aromatic heterocycles. The molecule has 0 radical (unpaired) electrons. The van der Waals surface area contributed by atoms with Crippen LogP contribution in [0.2, 0.25) is 0 Å². The van der Waals surface area contributed by atoms with Crippen LogP contribution in [0.4, 0.5) is 10.2 Å². The van der Waals surface area contributed by atoms with Gasteiger partial charge in [-0.3, -0.25) is 5.10 Å². The van der Waals surface area contributed by atoms with Crippen LogP contribution in [-0.4, -0.2) is 49.8 Å². The van der Waals surface area contributed by atoms with Crippen molar-refractivity contribution in [1.82, 2.24) is 25.7 Å². The third-order valence-electron chi connectivity index (χ3n) is 7.02. The highest BCUT2D eigenvalue weighted by molar-refractivity contribution is 5.74. The maximum absolute atomic E-state index is 14.8. The quantitative estimate of drug-likeness (QED) is 0.409. The molecule has 32 heavy (non-hydrogen) atoms. The summed E-state index contributed by atoms with van der Waals surface area (Å²) in [5, 5.41) is 28.4. The average molecular weight is 439 g/mol. The van der Waals surface area contributed by atoms with E-state index in [2.05, 4.69) is 49.3 Å². The number of nitrogens with zero attached hydrogens (tertiary/aromatic N) is 4. The molecule has 0 amide bonds. The Labute approximate surface area is 185 Å². The zero-order chi connectivity index (χ0) is 22.5. The first kappa shape index (κ1) is 20.8. The van der Waals surface area contributed by atoms with Crippen molar-refractivity contribution in [3.63, 3.8) is 0 Å². The summed E-state index contributed by atoms with van der Waals surface area (Å²) in [5.74, 6) is 0.375. The lowest BCUT2D eigenvalue weighted by Gasteiger charge is -2.45. The van der Waals surface area contributed by atoms with Crippen LogP contribution in [-0.2, 0) is 0 Å². The smallest absolute Gasteiger partial charge is 0.175 e. The summed E-state index contributed by atoms with van der Waals surface area (Å²) in [6.07, 6.45) is 7.53. The molecule has 168 valence electrons. The molecule has 0 spiro atoms. The Hall–Kier alpha value is -3.04. The number of benzene rings is 1. The van der Waals surface area contributed by atoms with E-state index in [1.165, 1.54) is 31.2 Å². The standard InChI is InChI=1S/C23H27FN6O2/c1-22-6-7-23(2,29-22)11-15(10-22)30(3)21-5-4-19(27-28-21)17-8-18(24)16(9-20(17)32-31)14-12-25-26-13-14/h4-5,8-9,12-13,15,29,31H,6-7,10-11H2,1-3H3,(H,25,26)/t15?,22-,23+. The first-order chi connectivity index (χ1) is 15.3. The molecule has 2 saturated heterocycles. The first-order valence-electron chi connectivity index (χ1n) is 10.8. The number of H-pyrrole nitrogens is 1. The largest absolute Gasteiger partial charge is 0.355 e. The van der Waals surface area contributed by atoms with E-state index >= 15 is 0 Å². The number of piperidine rings is 1. The number of anilines is 1. The van der Waals surface area contributed by atoms with E-state index in [0.717, 1.165) is 18.7 Å². The van der Waals surface area contributed by atoms with Crippen LogP contribution < -0.4 is 15.1 Å². The van der Waals surface area contributed by atoms with Crippen LogP contribution in [0.15, 0.2) is 36.7 Å². The molecular weight excluding hydrogens is 411 g/mol. The molecule has 1 unspecified atom stereocenters. The molecule has 0 aliphatic carbocycles. The van der Waals surface area contributed by atoms with Gasteiger partial charge in [0.15, 0.2) is 11.6 Å². The monoisotopic (exact) mass is 438 g/mol. The molecule has 5 rings (SSSR count). The van der Waals surface area contributed by atoms with E-state index in [0.29, 0.717) is 22.9 Å². The topological polar surface area (TPSA) is 99.2 Å². The Morgan fingerprint density at radius 3 is 2.47 bits per heavy atom. The normalized spacial score (nSPS) is 26.8. The number of nitrogens with one attached hydrogen (secondary N) is 2. The van der Waals surface area contributed by atoms with Gasteiger partial charge in [0, 0.05) is 41.5 Å². The van der Waals surface area contributed by atoms with E-state index in [4.69, 9.17) is 0 Å². The molecule has 2 aliphatic rings. The fraction of sp³-hybridized carbons (Fsp3) is 0.435. The second-order valence-electron chi connectivity index (χ2n) is 9.60. The highest BCUT2D eigenvalue weighted by Gasteiger charge is 2.49. The number of aromatic nitrogens is 4. The van der Waals surface area contributed by atoms with Crippen molar-refractivity contribution < 1.29 is 14.5 Å². The van der Waals surface area contributed by atoms with Crippen LogP contribution in [0.5, 0.6) is 5.75 Å². The van der Waals surface area contributed by atoms with E-state index in [9.17, 15) is 9.65 Å². The minimum absolute atomic E-state index is 0.0915. The van der Waals surface area contributed by atoms with Crippen LogP contribution >= 0.6 is 0 Å². The molecule has 0 saturated carbocycles. The minimum Gasteiger partial charge on any atom is -0.355 e. The lowest BCUT2D eigenvalue weighted by atomic mass is 9.84. The fourth-order valence-electron chi connectivity index (χ4n) is 5.39. The molecule has 2 bridgehead atoms. The Kier molecular flexibility index (Phi) is 4.90. The van der Waals surface area contributed by atoms with Gasteiger partial charge in [-0.15, -0.1) is 10.2 Å². The van der Waals surface area contributed by atoms with Crippen LogP contribution in [0, 0.1) is 5.82 Å². The number of halogens is 1. The van der Waals surface area contributed by atoms with Crippen molar-refractivity contribution in [2.75, 3.05) is 11.9 Å². The zero-order valence-corrected chi connectivity index (χ0v) is 18.4. The highest BCUT2D eigenvalue weighted by Crippen LogP contribution is 2.44. The van der Waals surface area contributed by atoms with Crippen LogP contribution in [0.25, 0.3) is 22.4 Å². The van der Waals surface area contributed by atoms with Gasteiger partial charge >= 0.3 is 0 Å². The van der Waals surface area contributed by atoms with Crippen molar-refractivity contribution in [2.45, 2.75) is 56.7 Å². The fourth-order valence-corrected chi connectivity index (χ4v) is 5.39. The van der Waals surface area contributed by atoms with Gasteiger partial charge < -0.3 is 15.1 Å². The van der Waals surface area contributed by atoms with Crippen molar-refractivity contribution in [3.05, 3.63) is 42.5 Å². The molecule has 4 heterocycles. The summed E-state index contributed by atoms with van der Waals surface area (Å²) in [4.78, 5) is 6.72. The lowest BCUT2D eigenvalue weighted by Crippen LogP contribution is -2.58. The van der Waals surface area contributed by atoms with Crippen molar-refractivity contribution in [1.29, 1.82) is 0 Å². The molecule has 8 nitrogen and oxygen atoms in total. The summed E-state index contributed by atoms with van der Waals surface area (Å²) >= 11 is 0. The number of aromatic amines is 1. The highest BCUT2D eigenvalue weighted by atomic mass is 19.1. The van der Waals surface area contributed by atoms with E-state index in [-0.39, 0.29) is 22.4 Å². The van der Waals surface area contributed by atoms with Gasteiger partial charge in [0.2, 0.25) is 0 Å². The Balaban J connectivity index is 1.41. The van der Waals surface area contributed by atoms with E-state index in [1.54, 1.807) is 12.3 Å². The molecule has 9 heteroatoms. The number of hydrogen-bond donors (Lipinski definition) is 3. The summed E-state index contributed by atoms with van der Waals surface area (Å²) < 4.78 is 14.8. The third kappa shape index (κ3) is 3.61. The number of hydrogen-bond acceptors (Lipinski definition) is 7. The van der Waals surface area contributed by atoms with Crippen LogP contribution in [0.1, 0.15) is 39.5 Å². The summed E-state index contributed by atoms with van der Waals surface area (Å²) in [6.45, 7) is 4.59. The van der Waals surface area contributed by atoms with Gasteiger partial charge in [0.25, 0.3) is 0 Å². The molecular formula is C23H27FN6O2. The number of fused-ring (bicyclic) bond motifs is 2. The third-order valence-corrected chi connectivity index (χ3v) is 7.02. The summed E-state index contributed by atoms with van der Waals surface area (Å²) in [6, 6.07) is 6.71. The SMILES string of the molecule is CN(c1ccc(-c2cc(F)c(-c3cn[nH]c3)cc2OO)nn1)C1C[C@]2(C)CC[C@](C)(C1)N2. The van der Waals surface area contributed by atoms with Crippen LogP contribution in [0.3, 0.4) is 0 Å². The van der Waals surface area contributed by atoms with Gasteiger partial charge in [0.05, 0.1) is 17.5 Å². The maximum Gasteiger partial charge on any atom is 0.175 e. The van der Waals surface area contributed by atoms with E-state index in [1.807, 2.05) is 13.1 Å². The lowest BCUT2D eigenvalue weighted by molar-refractivity contribution is -0.137. The van der Waals surface area contributed by atoms with Crippen molar-refractivity contribution in [3.8, 4) is 28.1 Å². The van der Waals surface area contributed by atoms with Crippen molar-refractivity contribution in [2.24, 2.45) is 0 Å². The molecule has 1 aromatic carbocycles. The molecule has 2 fully saturated rings.